The highest BCUT2D eigenvalue weighted by atomic mass is 19.4. The minimum absolute atomic E-state index is 0.181. The zero-order chi connectivity index (χ0) is 15.5. The minimum Gasteiger partial charge on any atom is -0.405 e. The van der Waals surface area contributed by atoms with Crippen LogP contribution >= 0.6 is 0 Å². The molecule has 0 saturated heterocycles. The van der Waals surface area contributed by atoms with Gasteiger partial charge in [0.25, 0.3) is 0 Å². The third-order valence-electron chi connectivity index (χ3n) is 3.27. The Balaban J connectivity index is 2.34. The van der Waals surface area contributed by atoms with Crippen LogP contribution in [0, 0.1) is 0 Å². The number of benzene rings is 2. The molecular formula is C16H16F3NO. The van der Waals surface area contributed by atoms with Crippen LogP contribution in [0.2, 0.25) is 0 Å². The van der Waals surface area contributed by atoms with Crippen molar-refractivity contribution in [3.05, 3.63) is 54.1 Å². The molecule has 1 N–H and O–H groups in total. The van der Waals surface area contributed by atoms with Crippen molar-refractivity contribution in [1.29, 1.82) is 0 Å². The fraction of sp³-hybridized carbons (Fsp3) is 0.250. The second kappa shape index (κ2) is 6.18. The second-order valence-corrected chi connectivity index (χ2v) is 4.68. The van der Waals surface area contributed by atoms with Gasteiger partial charge in [0.15, 0.2) is 0 Å². The normalized spacial score (nSPS) is 13.0. The third kappa shape index (κ3) is 3.98. The Labute approximate surface area is 121 Å². The first-order valence-corrected chi connectivity index (χ1v) is 6.53. The Bertz CT molecular complexity index is 593. The predicted octanol–water partition coefficient (Wildman–Crippen LogP) is 4.53. The Hall–Kier alpha value is -2.01. The molecule has 21 heavy (non-hydrogen) atoms. The van der Waals surface area contributed by atoms with Crippen molar-refractivity contribution in [3.63, 3.8) is 0 Å². The highest BCUT2D eigenvalue weighted by Crippen LogP contribution is 2.34. The van der Waals surface area contributed by atoms with Crippen LogP contribution < -0.4 is 10.1 Å². The summed E-state index contributed by atoms with van der Waals surface area (Å²) in [7, 11) is 1.85. The molecule has 0 fully saturated rings. The van der Waals surface area contributed by atoms with Crippen LogP contribution in [0.1, 0.15) is 18.5 Å². The Morgan fingerprint density at radius 2 is 1.62 bits per heavy atom. The van der Waals surface area contributed by atoms with Gasteiger partial charge in [-0.3, -0.25) is 0 Å². The first kappa shape index (κ1) is 15.4. The van der Waals surface area contributed by atoms with Crippen LogP contribution in [0.3, 0.4) is 0 Å². The number of hydrogen-bond acceptors (Lipinski definition) is 2. The molecule has 0 amide bonds. The van der Waals surface area contributed by atoms with Crippen LogP contribution in [-0.4, -0.2) is 13.4 Å². The Morgan fingerprint density at radius 1 is 1.00 bits per heavy atom. The van der Waals surface area contributed by atoms with E-state index in [-0.39, 0.29) is 11.8 Å². The molecule has 0 aliphatic carbocycles. The van der Waals surface area contributed by atoms with Crippen molar-refractivity contribution in [2.45, 2.75) is 19.3 Å². The smallest absolute Gasteiger partial charge is 0.405 e. The summed E-state index contributed by atoms with van der Waals surface area (Å²) in [4.78, 5) is 0. The molecule has 0 saturated carbocycles. The van der Waals surface area contributed by atoms with Gasteiger partial charge in [-0.15, -0.1) is 13.2 Å². The molecule has 0 bridgehead atoms. The number of halogens is 3. The fourth-order valence-electron chi connectivity index (χ4n) is 2.04. The molecule has 0 aliphatic rings. The summed E-state index contributed by atoms with van der Waals surface area (Å²) in [6, 6.07) is 13.7. The molecule has 0 spiro atoms. The van der Waals surface area contributed by atoms with Gasteiger partial charge >= 0.3 is 6.36 Å². The van der Waals surface area contributed by atoms with Crippen molar-refractivity contribution in [2.24, 2.45) is 0 Å². The van der Waals surface area contributed by atoms with Crippen LogP contribution in [0.5, 0.6) is 5.75 Å². The zero-order valence-electron chi connectivity index (χ0n) is 11.7. The first-order valence-electron chi connectivity index (χ1n) is 6.53. The standard InChI is InChI=1S/C16H16F3NO/c1-11(20-2)12-7-9-13(10-8-12)14-5-3-4-6-15(14)21-16(17,18)19/h3-11,20H,1-2H3. The van der Waals surface area contributed by atoms with Gasteiger partial charge in [0.05, 0.1) is 0 Å². The van der Waals surface area contributed by atoms with E-state index in [9.17, 15) is 13.2 Å². The number of para-hydroxylation sites is 1. The molecule has 112 valence electrons. The van der Waals surface area contributed by atoms with E-state index in [2.05, 4.69) is 10.1 Å². The maximum absolute atomic E-state index is 12.4. The van der Waals surface area contributed by atoms with Crippen molar-refractivity contribution in [2.75, 3.05) is 7.05 Å². The lowest BCUT2D eigenvalue weighted by atomic mass is 10.0. The van der Waals surface area contributed by atoms with Gasteiger partial charge in [0.1, 0.15) is 5.75 Å². The van der Waals surface area contributed by atoms with Crippen molar-refractivity contribution in [1.82, 2.24) is 5.32 Å². The number of ether oxygens (including phenoxy) is 1. The molecule has 0 heterocycles. The van der Waals surface area contributed by atoms with E-state index in [4.69, 9.17) is 0 Å². The number of rotatable bonds is 4. The lowest BCUT2D eigenvalue weighted by molar-refractivity contribution is -0.274. The van der Waals surface area contributed by atoms with E-state index in [1.807, 2.05) is 26.1 Å². The lowest BCUT2D eigenvalue weighted by Gasteiger charge is -2.14. The largest absolute Gasteiger partial charge is 0.573 e. The highest BCUT2D eigenvalue weighted by Gasteiger charge is 2.32. The van der Waals surface area contributed by atoms with Crippen LogP contribution in [0.25, 0.3) is 11.1 Å². The fourth-order valence-corrected chi connectivity index (χ4v) is 2.04. The monoisotopic (exact) mass is 295 g/mol. The van der Waals surface area contributed by atoms with E-state index in [1.54, 1.807) is 24.3 Å². The average molecular weight is 295 g/mol. The maximum Gasteiger partial charge on any atom is 0.573 e. The van der Waals surface area contributed by atoms with E-state index >= 15 is 0 Å². The molecule has 1 unspecified atom stereocenters. The zero-order valence-corrected chi connectivity index (χ0v) is 11.7. The highest BCUT2D eigenvalue weighted by molar-refractivity contribution is 5.70. The van der Waals surface area contributed by atoms with Gasteiger partial charge in [0, 0.05) is 11.6 Å². The molecular weight excluding hydrogens is 279 g/mol. The summed E-state index contributed by atoms with van der Waals surface area (Å²) in [6.45, 7) is 2.01. The summed E-state index contributed by atoms with van der Waals surface area (Å²) in [5.41, 5.74) is 2.16. The summed E-state index contributed by atoms with van der Waals surface area (Å²) in [5.74, 6) is -0.195. The van der Waals surface area contributed by atoms with Gasteiger partial charge < -0.3 is 10.1 Å². The average Bonchev–Trinajstić information content (AvgIpc) is 2.45. The topological polar surface area (TPSA) is 21.3 Å². The second-order valence-electron chi connectivity index (χ2n) is 4.68. The van der Waals surface area contributed by atoms with Crippen LogP contribution in [0.4, 0.5) is 13.2 Å². The molecule has 0 radical (unpaired) electrons. The van der Waals surface area contributed by atoms with E-state index < -0.39 is 6.36 Å². The van der Waals surface area contributed by atoms with Gasteiger partial charge in [-0.2, -0.15) is 0 Å². The molecule has 0 aliphatic heterocycles. The minimum atomic E-state index is -4.70. The van der Waals surface area contributed by atoms with Gasteiger partial charge in [-0.1, -0.05) is 42.5 Å². The van der Waals surface area contributed by atoms with Crippen molar-refractivity contribution >= 4 is 0 Å². The molecule has 5 heteroatoms. The van der Waals surface area contributed by atoms with E-state index in [0.717, 1.165) is 5.56 Å². The van der Waals surface area contributed by atoms with Crippen LogP contribution in [-0.2, 0) is 0 Å². The van der Waals surface area contributed by atoms with Gasteiger partial charge in [0.2, 0.25) is 0 Å². The van der Waals surface area contributed by atoms with Gasteiger partial charge in [-0.25, -0.2) is 0 Å². The lowest BCUT2D eigenvalue weighted by Crippen LogP contribution is -2.17. The summed E-state index contributed by atoms with van der Waals surface area (Å²) in [5, 5.41) is 3.11. The van der Waals surface area contributed by atoms with E-state index in [0.29, 0.717) is 11.1 Å². The Kier molecular flexibility index (Phi) is 4.53. The van der Waals surface area contributed by atoms with E-state index in [1.165, 1.54) is 12.1 Å². The number of nitrogens with one attached hydrogen (secondary N) is 1. The molecule has 2 nitrogen and oxygen atoms in total. The van der Waals surface area contributed by atoms with Crippen molar-refractivity contribution in [3.8, 4) is 16.9 Å². The Morgan fingerprint density at radius 3 is 2.19 bits per heavy atom. The summed E-state index contributed by atoms with van der Waals surface area (Å²) in [6.07, 6.45) is -4.70. The summed E-state index contributed by atoms with van der Waals surface area (Å²) < 4.78 is 41.3. The number of alkyl halides is 3. The van der Waals surface area contributed by atoms with Gasteiger partial charge in [-0.05, 0) is 31.2 Å². The maximum atomic E-state index is 12.4. The quantitative estimate of drug-likeness (QED) is 0.894. The molecule has 2 rings (SSSR count). The molecule has 1 atom stereocenters. The SMILES string of the molecule is CNC(C)c1ccc(-c2ccccc2OC(F)(F)F)cc1. The third-order valence-corrected chi connectivity index (χ3v) is 3.27. The van der Waals surface area contributed by atoms with Crippen LogP contribution in [0.15, 0.2) is 48.5 Å². The number of hydrogen-bond donors (Lipinski definition) is 1. The predicted molar refractivity (Wildman–Crippen MR) is 76.0 cm³/mol. The molecule has 0 aromatic heterocycles. The molecule has 2 aromatic rings. The first-order chi connectivity index (χ1) is 9.90. The molecule has 2 aromatic carbocycles. The van der Waals surface area contributed by atoms with Crippen molar-refractivity contribution < 1.29 is 17.9 Å². The summed E-state index contributed by atoms with van der Waals surface area (Å²) >= 11 is 0.